The van der Waals surface area contributed by atoms with Crippen molar-refractivity contribution in [3.63, 3.8) is 0 Å². The molecule has 0 saturated carbocycles. The monoisotopic (exact) mass is 205 g/mol. The van der Waals surface area contributed by atoms with Gasteiger partial charge in [0, 0.05) is 18.8 Å². The number of nitrogens with zero attached hydrogens (tertiary/aromatic N) is 2. The average Bonchev–Trinajstić information content (AvgIpc) is 2.50. The summed E-state index contributed by atoms with van der Waals surface area (Å²) in [4.78, 5) is 8.74. The van der Waals surface area contributed by atoms with Crippen LogP contribution in [-0.2, 0) is 6.42 Å². The van der Waals surface area contributed by atoms with E-state index in [-0.39, 0.29) is 0 Å². The third-order valence-corrected chi connectivity index (χ3v) is 3.00. The molecule has 1 fully saturated rings. The van der Waals surface area contributed by atoms with E-state index in [0.717, 1.165) is 30.3 Å². The maximum atomic E-state index is 4.37. The first-order valence-electron chi connectivity index (χ1n) is 5.83. The van der Waals surface area contributed by atoms with Crippen LogP contribution in [0.3, 0.4) is 0 Å². The highest BCUT2D eigenvalue weighted by molar-refractivity contribution is 5.02. The lowest BCUT2D eigenvalue weighted by atomic mass is 9.96. The van der Waals surface area contributed by atoms with Gasteiger partial charge >= 0.3 is 0 Å². The van der Waals surface area contributed by atoms with Crippen molar-refractivity contribution in [1.82, 2.24) is 15.3 Å². The molecule has 0 radical (unpaired) electrons. The van der Waals surface area contributed by atoms with Crippen molar-refractivity contribution in [3.05, 3.63) is 23.8 Å². The van der Waals surface area contributed by atoms with Gasteiger partial charge < -0.3 is 5.32 Å². The first-order chi connectivity index (χ1) is 7.34. The summed E-state index contributed by atoms with van der Waals surface area (Å²) in [7, 11) is 0. The summed E-state index contributed by atoms with van der Waals surface area (Å²) in [6.45, 7) is 4.35. The van der Waals surface area contributed by atoms with Crippen molar-refractivity contribution in [2.45, 2.75) is 32.6 Å². The molecule has 0 aliphatic carbocycles. The van der Waals surface area contributed by atoms with Gasteiger partial charge in [0.05, 0.1) is 0 Å². The Morgan fingerprint density at radius 3 is 2.87 bits per heavy atom. The van der Waals surface area contributed by atoms with Gasteiger partial charge in [-0.1, -0.05) is 0 Å². The third-order valence-electron chi connectivity index (χ3n) is 3.00. The number of rotatable bonds is 2. The van der Waals surface area contributed by atoms with Crippen LogP contribution in [0, 0.1) is 12.8 Å². The molecule has 1 N–H and O–H groups in total. The Hall–Kier alpha value is -0.960. The number of hydrogen-bond acceptors (Lipinski definition) is 3. The van der Waals surface area contributed by atoms with E-state index in [9.17, 15) is 0 Å². The first-order valence-corrected chi connectivity index (χ1v) is 5.83. The maximum absolute atomic E-state index is 4.37. The molecule has 15 heavy (non-hydrogen) atoms. The van der Waals surface area contributed by atoms with Crippen LogP contribution in [-0.4, -0.2) is 23.1 Å². The van der Waals surface area contributed by atoms with Crippen molar-refractivity contribution >= 4 is 0 Å². The van der Waals surface area contributed by atoms with Gasteiger partial charge in [-0.2, -0.15) is 0 Å². The molecule has 1 saturated heterocycles. The molecule has 0 amide bonds. The minimum atomic E-state index is 0.766. The van der Waals surface area contributed by atoms with Gasteiger partial charge in [-0.05, 0) is 50.8 Å². The topological polar surface area (TPSA) is 37.8 Å². The highest BCUT2D eigenvalue weighted by Gasteiger charge is 2.13. The fraction of sp³-hybridized carbons (Fsp3) is 0.667. The molecule has 1 aliphatic rings. The Kier molecular flexibility index (Phi) is 3.67. The van der Waals surface area contributed by atoms with Gasteiger partial charge in [-0.3, -0.25) is 0 Å². The molecule has 3 heteroatoms. The van der Waals surface area contributed by atoms with Crippen LogP contribution in [0.4, 0.5) is 0 Å². The Balaban J connectivity index is 1.92. The molecule has 0 bridgehead atoms. The predicted molar refractivity (Wildman–Crippen MR) is 60.7 cm³/mol. The molecule has 0 aromatic carbocycles. The Bertz CT molecular complexity index is 286. The van der Waals surface area contributed by atoms with E-state index >= 15 is 0 Å². The lowest BCUT2D eigenvalue weighted by molar-refractivity contribution is 0.459. The number of hydrogen-bond donors (Lipinski definition) is 1. The summed E-state index contributed by atoms with van der Waals surface area (Å²) in [5, 5.41) is 3.43. The molecule has 1 atom stereocenters. The summed E-state index contributed by atoms with van der Waals surface area (Å²) >= 11 is 0. The van der Waals surface area contributed by atoms with Crippen LogP contribution in [0.15, 0.2) is 12.4 Å². The molecule has 2 rings (SSSR count). The van der Waals surface area contributed by atoms with Crippen molar-refractivity contribution < 1.29 is 0 Å². The summed E-state index contributed by atoms with van der Waals surface area (Å²) in [6, 6.07) is 0. The van der Waals surface area contributed by atoms with Crippen molar-refractivity contribution in [1.29, 1.82) is 0 Å². The van der Waals surface area contributed by atoms with E-state index in [1.54, 1.807) is 0 Å². The second-order valence-corrected chi connectivity index (χ2v) is 4.43. The van der Waals surface area contributed by atoms with Crippen LogP contribution in [0.1, 0.15) is 30.7 Å². The van der Waals surface area contributed by atoms with Gasteiger partial charge in [0.25, 0.3) is 0 Å². The van der Waals surface area contributed by atoms with E-state index in [2.05, 4.69) is 15.3 Å². The second kappa shape index (κ2) is 5.21. The molecule has 2 heterocycles. The predicted octanol–water partition coefficient (Wildman–Crippen LogP) is 1.72. The minimum Gasteiger partial charge on any atom is -0.317 e. The van der Waals surface area contributed by atoms with E-state index in [4.69, 9.17) is 0 Å². The van der Waals surface area contributed by atoms with Crippen LogP contribution in [0.25, 0.3) is 0 Å². The average molecular weight is 205 g/mol. The van der Waals surface area contributed by atoms with Gasteiger partial charge in [0.15, 0.2) is 0 Å². The SMILES string of the molecule is Cc1cnc(CC2CCCNCC2)nc1. The highest BCUT2D eigenvalue weighted by atomic mass is 14.9. The van der Waals surface area contributed by atoms with Gasteiger partial charge in [0.1, 0.15) is 5.82 Å². The third kappa shape index (κ3) is 3.27. The number of aryl methyl sites for hydroxylation is 1. The van der Waals surface area contributed by atoms with Crippen LogP contribution >= 0.6 is 0 Å². The molecule has 1 aliphatic heterocycles. The number of nitrogens with one attached hydrogen (secondary N) is 1. The van der Waals surface area contributed by atoms with Crippen LogP contribution < -0.4 is 5.32 Å². The normalized spacial score (nSPS) is 22.3. The van der Waals surface area contributed by atoms with Crippen molar-refractivity contribution in [2.24, 2.45) is 5.92 Å². The molecule has 3 nitrogen and oxygen atoms in total. The molecule has 1 unspecified atom stereocenters. The van der Waals surface area contributed by atoms with Crippen molar-refractivity contribution in [3.8, 4) is 0 Å². The Morgan fingerprint density at radius 1 is 1.27 bits per heavy atom. The van der Waals surface area contributed by atoms with Gasteiger partial charge in [-0.25, -0.2) is 9.97 Å². The van der Waals surface area contributed by atoms with Gasteiger partial charge in [-0.15, -0.1) is 0 Å². The molecule has 0 spiro atoms. The van der Waals surface area contributed by atoms with E-state index in [0.29, 0.717) is 0 Å². The van der Waals surface area contributed by atoms with Crippen LogP contribution in [0.2, 0.25) is 0 Å². The number of aromatic nitrogens is 2. The van der Waals surface area contributed by atoms with E-state index in [1.807, 2.05) is 19.3 Å². The second-order valence-electron chi connectivity index (χ2n) is 4.43. The fourth-order valence-electron chi connectivity index (χ4n) is 2.08. The molecule has 82 valence electrons. The van der Waals surface area contributed by atoms with Gasteiger partial charge in [0.2, 0.25) is 0 Å². The van der Waals surface area contributed by atoms with E-state index < -0.39 is 0 Å². The summed E-state index contributed by atoms with van der Waals surface area (Å²) in [6.07, 6.45) is 8.73. The summed E-state index contributed by atoms with van der Waals surface area (Å²) in [5.74, 6) is 1.77. The van der Waals surface area contributed by atoms with Crippen LogP contribution in [0.5, 0.6) is 0 Å². The summed E-state index contributed by atoms with van der Waals surface area (Å²) in [5.41, 5.74) is 1.14. The maximum Gasteiger partial charge on any atom is 0.128 e. The first kappa shape index (κ1) is 10.6. The lowest BCUT2D eigenvalue weighted by Gasteiger charge is -2.11. The molecule has 1 aromatic heterocycles. The smallest absolute Gasteiger partial charge is 0.128 e. The zero-order valence-corrected chi connectivity index (χ0v) is 9.37. The lowest BCUT2D eigenvalue weighted by Crippen LogP contribution is -2.14. The van der Waals surface area contributed by atoms with E-state index in [1.165, 1.54) is 25.8 Å². The minimum absolute atomic E-state index is 0.766. The molecular formula is C12H19N3. The summed E-state index contributed by atoms with van der Waals surface area (Å²) < 4.78 is 0. The largest absolute Gasteiger partial charge is 0.317 e. The molecule has 1 aromatic rings. The highest BCUT2D eigenvalue weighted by Crippen LogP contribution is 2.17. The zero-order chi connectivity index (χ0) is 10.5. The zero-order valence-electron chi connectivity index (χ0n) is 9.37. The van der Waals surface area contributed by atoms with Crippen molar-refractivity contribution in [2.75, 3.05) is 13.1 Å². The Morgan fingerprint density at radius 2 is 2.07 bits per heavy atom. The fourth-order valence-corrected chi connectivity index (χ4v) is 2.08. The molecular weight excluding hydrogens is 186 g/mol. The standard InChI is InChI=1S/C12H19N3/c1-10-8-14-12(15-9-10)7-11-3-2-5-13-6-4-11/h8-9,11,13H,2-7H2,1H3. The Labute approximate surface area is 91.3 Å². The quantitative estimate of drug-likeness (QED) is 0.799.